The van der Waals surface area contributed by atoms with Crippen molar-refractivity contribution >= 4 is 61.1 Å². The molecule has 5 heteroatoms. The van der Waals surface area contributed by atoms with E-state index in [1.807, 2.05) is 60.9 Å². The SMILES string of the molecule is CC1(C)c2ccccc2-c2cc(N(c3ccc(-c4nccc5c4oc4ccccc45)cc3)c3ccc(-c4ccnc5c4oc4ccccc45)cc3)ccc21. The van der Waals surface area contributed by atoms with Crippen LogP contribution in [0.1, 0.15) is 25.0 Å². The Morgan fingerprint density at radius 1 is 0.463 bits per heavy atom. The number of anilines is 3. The van der Waals surface area contributed by atoms with Gasteiger partial charge in [-0.1, -0.05) is 98.8 Å². The molecule has 6 aromatic carbocycles. The van der Waals surface area contributed by atoms with Crippen LogP contribution in [0.25, 0.3) is 77.5 Å². The van der Waals surface area contributed by atoms with E-state index < -0.39 is 0 Å². The highest BCUT2D eigenvalue weighted by molar-refractivity contribution is 6.09. The highest BCUT2D eigenvalue weighted by Crippen LogP contribution is 2.51. The Morgan fingerprint density at radius 2 is 1.07 bits per heavy atom. The van der Waals surface area contributed by atoms with Crippen molar-refractivity contribution in [3.05, 3.63) is 175 Å². The number of benzene rings is 6. The van der Waals surface area contributed by atoms with E-state index in [-0.39, 0.29) is 5.41 Å². The molecule has 0 bridgehead atoms. The molecule has 0 radical (unpaired) electrons. The van der Waals surface area contributed by atoms with E-state index in [2.05, 4.69) is 127 Å². The van der Waals surface area contributed by atoms with E-state index in [0.717, 1.165) is 83.5 Å². The maximum Gasteiger partial charge on any atom is 0.161 e. The number of hydrogen-bond acceptors (Lipinski definition) is 5. The highest BCUT2D eigenvalue weighted by Gasteiger charge is 2.35. The topological polar surface area (TPSA) is 55.3 Å². The maximum atomic E-state index is 6.35. The molecule has 0 unspecified atom stereocenters. The van der Waals surface area contributed by atoms with Gasteiger partial charge in [0, 0.05) is 62.2 Å². The van der Waals surface area contributed by atoms with Crippen LogP contribution in [0, 0.1) is 0 Å². The molecule has 10 aromatic rings. The average Bonchev–Trinajstić information content (AvgIpc) is 3.87. The van der Waals surface area contributed by atoms with Crippen molar-refractivity contribution in [3.8, 4) is 33.5 Å². The molecular weight excluding hydrogens is 663 g/mol. The summed E-state index contributed by atoms with van der Waals surface area (Å²) in [7, 11) is 0. The summed E-state index contributed by atoms with van der Waals surface area (Å²) in [5, 5.41) is 3.18. The molecule has 0 spiro atoms. The van der Waals surface area contributed by atoms with Gasteiger partial charge in [-0.25, -0.2) is 0 Å². The second-order valence-corrected chi connectivity index (χ2v) is 14.6. The third-order valence-corrected chi connectivity index (χ3v) is 11.2. The first kappa shape index (κ1) is 30.6. The van der Waals surface area contributed by atoms with Gasteiger partial charge in [0.05, 0.1) is 0 Å². The quantitative estimate of drug-likeness (QED) is 0.179. The van der Waals surface area contributed by atoms with Gasteiger partial charge in [-0.05, 0) is 94.5 Å². The van der Waals surface area contributed by atoms with Crippen molar-refractivity contribution < 1.29 is 8.83 Å². The molecule has 0 N–H and O–H groups in total. The molecule has 54 heavy (non-hydrogen) atoms. The molecule has 0 amide bonds. The minimum Gasteiger partial charge on any atom is -0.454 e. The molecule has 0 atom stereocenters. The summed E-state index contributed by atoms with van der Waals surface area (Å²) in [6, 6.07) is 53.4. The zero-order chi connectivity index (χ0) is 36.0. The van der Waals surface area contributed by atoms with Gasteiger partial charge in [0.15, 0.2) is 11.2 Å². The molecule has 0 saturated carbocycles. The molecule has 0 saturated heterocycles. The highest BCUT2D eigenvalue weighted by atomic mass is 16.3. The van der Waals surface area contributed by atoms with Crippen LogP contribution in [0.4, 0.5) is 17.1 Å². The monoisotopic (exact) mass is 695 g/mol. The van der Waals surface area contributed by atoms with E-state index in [1.54, 1.807) is 0 Å². The fourth-order valence-corrected chi connectivity index (χ4v) is 8.54. The maximum absolute atomic E-state index is 6.35. The Kier molecular flexibility index (Phi) is 6.53. The lowest BCUT2D eigenvalue weighted by molar-refractivity contribution is 0.660. The van der Waals surface area contributed by atoms with Gasteiger partial charge in [0.2, 0.25) is 0 Å². The number of para-hydroxylation sites is 2. The van der Waals surface area contributed by atoms with Crippen LogP contribution in [-0.4, -0.2) is 9.97 Å². The van der Waals surface area contributed by atoms with Crippen LogP contribution < -0.4 is 4.90 Å². The molecule has 11 rings (SSSR count). The molecule has 256 valence electrons. The molecule has 1 aliphatic rings. The second kappa shape index (κ2) is 11.5. The van der Waals surface area contributed by atoms with Crippen molar-refractivity contribution in [1.82, 2.24) is 9.97 Å². The van der Waals surface area contributed by atoms with Gasteiger partial charge in [-0.15, -0.1) is 0 Å². The number of nitrogens with zero attached hydrogens (tertiary/aromatic N) is 3. The molecule has 1 aliphatic carbocycles. The van der Waals surface area contributed by atoms with Crippen molar-refractivity contribution in [1.29, 1.82) is 0 Å². The molecular formula is C49H33N3O2. The van der Waals surface area contributed by atoms with Crippen LogP contribution in [0.5, 0.6) is 0 Å². The third kappa shape index (κ3) is 4.51. The van der Waals surface area contributed by atoms with Crippen LogP contribution in [0.3, 0.4) is 0 Å². The number of pyridine rings is 2. The lowest BCUT2D eigenvalue weighted by Gasteiger charge is -2.27. The number of hydrogen-bond donors (Lipinski definition) is 0. The zero-order valence-corrected chi connectivity index (χ0v) is 29.7. The number of furan rings is 2. The van der Waals surface area contributed by atoms with Crippen LogP contribution in [0.15, 0.2) is 173 Å². The fraction of sp³-hybridized carbons (Fsp3) is 0.0612. The summed E-state index contributed by atoms with van der Waals surface area (Å²) < 4.78 is 12.7. The lowest BCUT2D eigenvalue weighted by atomic mass is 9.82. The number of fused-ring (bicyclic) bond motifs is 9. The standard InChI is InChI=1S/C49H33N3O2/c1-49(2)41-12-6-3-9-36(41)40-29-34(23-24-42(40)49)52(32-19-15-30(16-20-32)35-25-27-51-46-39-11-5-8-14-44(39)54-47(35)46)33-21-17-31(18-22-33)45-48-38(26-28-50-45)37-10-4-7-13-43(37)53-48/h3-29H,1-2H3. The first-order valence-electron chi connectivity index (χ1n) is 18.3. The van der Waals surface area contributed by atoms with Gasteiger partial charge in [-0.2, -0.15) is 0 Å². The Bertz CT molecular complexity index is 2920. The molecule has 0 fully saturated rings. The van der Waals surface area contributed by atoms with E-state index in [4.69, 9.17) is 13.8 Å². The number of rotatable bonds is 5. The molecule has 4 aromatic heterocycles. The fourth-order valence-electron chi connectivity index (χ4n) is 8.54. The average molecular weight is 696 g/mol. The Morgan fingerprint density at radius 3 is 1.87 bits per heavy atom. The summed E-state index contributed by atoms with van der Waals surface area (Å²) in [4.78, 5) is 11.8. The van der Waals surface area contributed by atoms with Crippen LogP contribution in [0.2, 0.25) is 0 Å². The lowest BCUT2D eigenvalue weighted by Crippen LogP contribution is -2.15. The smallest absolute Gasteiger partial charge is 0.161 e. The third-order valence-electron chi connectivity index (χ3n) is 11.2. The Labute approximate surface area is 311 Å². The summed E-state index contributed by atoms with van der Waals surface area (Å²) in [6.07, 6.45) is 3.74. The second-order valence-electron chi connectivity index (χ2n) is 14.6. The summed E-state index contributed by atoms with van der Waals surface area (Å²) >= 11 is 0. The normalized spacial score (nSPS) is 13.1. The molecule has 0 aliphatic heterocycles. The summed E-state index contributed by atoms with van der Waals surface area (Å²) in [5.74, 6) is 0. The van der Waals surface area contributed by atoms with E-state index in [0.29, 0.717) is 0 Å². The Balaban J connectivity index is 1.04. The summed E-state index contributed by atoms with van der Waals surface area (Å²) in [6.45, 7) is 4.64. The van der Waals surface area contributed by atoms with Crippen molar-refractivity contribution in [2.45, 2.75) is 19.3 Å². The molecule has 4 heterocycles. The van der Waals surface area contributed by atoms with Gasteiger partial charge in [0.1, 0.15) is 22.4 Å². The van der Waals surface area contributed by atoms with E-state index in [1.165, 1.54) is 22.3 Å². The van der Waals surface area contributed by atoms with Gasteiger partial charge in [-0.3, -0.25) is 9.97 Å². The first-order chi connectivity index (χ1) is 26.5. The van der Waals surface area contributed by atoms with Gasteiger partial charge in [0.25, 0.3) is 0 Å². The Hall–Kier alpha value is -6.98. The number of aromatic nitrogens is 2. The zero-order valence-electron chi connectivity index (χ0n) is 29.7. The first-order valence-corrected chi connectivity index (χ1v) is 18.3. The van der Waals surface area contributed by atoms with Gasteiger partial charge >= 0.3 is 0 Å². The molecule has 5 nitrogen and oxygen atoms in total. The summed E-state index contributed by atoms with van der Waals surface area (Å²) in [5.41, 5.74) is 16.5. The van der Waals surface area contributed by atoms with E-state index in [9.17, 15) is 0 Å². The predicted molar refractivity (Wildman–Crippen MR) is 220 cm³/mol. The van der Waals surface area contributed by atoms with Crippen molar-refractivity contribution in [2.75, 3.05) is 4.90 Å². The minimum atomic E-state index is -0.0736. The van der Waals surface area contributed by atoms with E-state index >= 15 is 0 Å². The minimum absolute atomic E-state index is 0.0736. The van der Waals surface area contributed by atoms with Crippen LogP contribution in [-0.2, 0) is 5.41 Å². The van der Waals surface area contributed by atoms with Gasteiger partial charge < -0.3 is 13.7 Å². The van der Waals surface area contributed by atoms with Crippen molar-refractivity contribution in [2.24, 2.45) is 0 Å². The van der Waals surface area contributed by atoms with Crippen molar-refractivity contribution in [3.63, 3.8) is 0 Å². The largest absolute Gasteiger partial charge is 0.454 e. The van der Waals surface area contributed by atoms with Crippen LogP contribution >= 0.6 is 0 Å². The predicted octanol–water partition coefficient (Wildman–Crippen LogP) is 13.4.